The first-order valence-corrected chi connectivity index (χ1v) is 8.09. The van der Waals surface area contributed by atoms with Crippen molar-refractivity contribution in [2.45, 2.75) is 38.8 Å². The van der Waals surface area contributed by atoms with Gasteiger partial charge in [-0.3, -0.25) is 19.3 Å². The molecule has 128 valence electrons. The van der Waals surface area contributed by atoms with E-state index in [-0.39, 0.29) is 23.8 Å². The lowest BCUT2D eigenvalue weighted by Crippen LogP contribution is -2.45. The number of rotatable bonds is 2. The molecule has 2 aliphatic rings. The molecule has 24 heavy (non-hydrogen) atoms. The van der Waals surface area contributed by atoms with Gasteiger partial charge < -0.3 is 9.64 Å². The van der Waals surface area contributed by atoms with Gasteiger partial charge in [-0.2, -0.15) is 0 Å². The van der Waals surface area contributed by atoms with Gasteiger partial charge in [0.1, 0.15) is 0 Å². The van der Waals surface area contributed by atoms with Gasteiger partial charge in [-0.05, 0) is 45.4 Å². The van der Waals surface area contributed by atoms with Gasteiger partial charge in [-0.25, -0.2) is 0 Å². The van der Waals surface area contributed by atoms with Crippen molar-refractivity contribution in [2.24, 2.45) is 0 Å². The number of benzene rings is 1. The standard InChI is InChI=1S/C18H22N2O4/c1-18(2,3)20-16(22)13-6-5-11(9-14(13)17(20)23)15(21)19-8-7-12(10-19)24-4/h5-6,9,12H,7-8,10H2,1-4H3. The number of amides is 3. The summed E-state index contributed by atoms with van der Waals surface area (Å²) in [4.78, 5) is 40.7. The van der Waals surface area contributed by atoms with E-state index in [1.165, 1.54) is 4.90 Å². The van der Waals surface area contributed by atoms with Gasteiger partial charge in [0.25, 0.3) is 17.7 Å². The van der Waals surface area contributed by atoms with Crippen molar-refractivity contribution in [2.75, 3.05) is 20.2 Å². The van der Waals surface area contributed by atoms with Crippen molar-refractivity contribution in [3.8, 4) is 0 Å². The molecule has 2 aliphatic heterocycles. The van der Waals surface area contributed by atoms with Crippen LogP contribution in [0, 0.1) is 0 Å². The topological polar surface area (TPSA) is 66.9 Å². The van der Waals surface area contributed by atoms with Crippen LogP contribution in [0.1, 0.15) is 58.3 Å². The second kappa shape index (κ2) is 5.70. The van der Waals surface area contributed by atoms with Crippen LogP contribution in [-0.2, 0) is 4.74 Å². The summed E-state index contributed by atoms with van der Waals surface area (Å²) in [5.41, 5.74) is 0.506. The summed E-state index contributed by atoms with van der Waals surface area (Å²) in [6.07, 6.45) is 0.866. The van der Waals surface area contributed by atoms with Gasteiger partial charge in [0.2, 0.25) is 0 Å². The fraction of sp³-hybridized carbons (Fsp3) is 0.500. The van der Waals surface area contributed by atoms with Crippen LogP contribution in [0.5, 0.6) is 0 Å². The molecule has 6 heteroatoms. The maximum absolute atomic E-state index is 12.6. The summed E-state index contributed by atoms with van der Waals surface area (Å²) >= 11 is 0. The number of hydrogen-bond donors (Lipinski definition) is 0. The fourth-order valence-electron chi connectivity index (χ4n) is 3.27. The lowest BCUT2D eigenvalue weighted by atomic mass is 10.0. The van der Waals surface area contributed by atoms with Crippen molar-refractivity contribution in [1.82, 2.24) is 9.80 Å². The lowest BCUT2D eigenvalue weighted by Gasteiger charge is -2.29. The summed E-state index contributed by atoms with van der Waals surface area (Å²) in [6.45, 7) is 6.63. The summed E-state index contributed by atoms with van der Waals surface area (Å²) in [6, 6.07) is 4.75. The zero-order chi connectivity index (χ0) is 17.6. The number of imide groups is 1. The van der Waals surface area contributed by atoms with Crippen molar-refractivity contribution in [3.05, 3.63) is 34.9 Å². The Morgan fingerprint density at radius 2 is 1.83 bits per heavy atom. The highest BCUT2D eigenvalue weighted by atomic mass is 16.5. The highest BCUT2D eigenvalue weighted by Gasteiger charge is 2.42. The molecule has 1 unspecified atom stereocenters. The van der Waals surface area contributed by atoms with E-state index >= 15 is 0 Å². The van der Waals surface area contributed by atoms with Gasteiger partial charge in [-0.15, -0.1) is 0 Å². The first-order valence-electron chi connectivity index (χ1n) is 8.09. The quantitative estimate of drug-likeness (QED) is 0.777. The van der Waals surface area contributed by atoms with Crippen LogP contribution in [0.3, 0.4) is 0 Å². The Labute approximate surface area is 141 Å². The molecule has 0 aliphatic carbocycles. The molecule has 2 heterocycles. The lowest BCUT2D eigenvalue weighted by molar-refractivity contribution is 0.0507. The second-order valence-corrected chi connectivity index (χ2v) is 7.27. The summed E-state index contributed by atoms with van der Waals surface area (Å²) < 4.78 is 5.28. The van der Waals surface area contributed by atoms with Crippen LogP contribution < -0.4 is 0 Å². The molecule has 3 rings (SSSR count). The average Bonchev–Trinajstić information content (AvgIpc) is 3.09. The van der Waals surface area contributed by atoms with Crippen LogP contribution in [0.2, 0.25) is 0 Å². The Balaban J connectivity index is 1.89. The molecule has 1 fully saturated rings. The molecule has 0 saturated carbocycles. The molecule has 3 amide bonds. The molecular formula is C18H22N2O4. The largest absolute Gasteiger partial charge is 0.380 e. The van der Waals surface area contributed by atoms with Gasteiger partial charge in [-0.1, -0.05) is 0 Å². The average molecular weight is 330 g/mol. The minimum atomic E-state index is -0.599. The number of carbonyl (C=O) groups is 3. The fourth-order valence-corrected chi connectivity index (χ4v) is 3.27. The van der Waals surface area contributed by atoms with Crippen LogP contribution >= 0.6 is 0 Å². The SMILES string of the molecule is COC1CCN(C(=O)c2ccc3c(c2)C(=O)N(C(C)(C)C)C3=O)C1. The normalized spacial score (nSPS) is 20.8. The molecule has 0 radical (unpaired) electrons. The molecule has 0 bridgehead atoms. The number of ether oxygens (including phenoxy) is 1. The maximum atomic E-state index is 12.6. The highest BCUT2D eigenvalue weighted by molar-refractivity contribution is 6.22. The van der Waals surface area contributed by atoms with E-state index < -0.39 is 5.54 Å². The third-order valence-corrected chi connectivity index (χ3v) is 4.57. The smallest absolute Gasteiger partial charge is 0.262 e. The Hall–Kier alpha value is -2.21. The Morgan fingerprint density at radius 3 is 2.42 bits per heavy atom. The van der Waals surface area contributed by atoms with Gasteiger partial charge in [0.15, 0.2) is 0 Å². The van der Waals surface area contributed by atoms with Crippen LogP contribution in [-0.4, -0.2) is 59.4 Å². The van der Waals surface area contributed by atoms with Crippen molar-refractivity contribution in [3.63, 3.8) is 0 Å². The highest BCUT2D eigenvalue weighted by Crippen LogP contribution is 2.30. The third kappa shape index (κ3) is 2.60. The Bertz CT molecular complexity index is 720. The number of nitrogens with zero attached hydrogens (tertiary/aromatic N) is 2. The van der Waals surface area contributed by atoms with Crippen molar-refractivity contribution >= 4 is 17.7 Å². The molecule has 0 aromatic heterocycles. The van der Waals surface area contributed by atoms with E-state index in [9.17, 15) is 14.4 Å². The molecule has 1 saturated heterocycles. The molecular weight excluding hydrogens is 308 g/mol. The minimum Gasteiger partial charge on any atom is -0.380 e. The monoisotopic (exact) mass is 330 g/mol. The third-order valence-electron chi connectivity index (χ3n) is 4.57. The molecule has 1 atom stereocenters. The van der Waals surface area contributed by atoms with E-state index in [0.717, 1.165) is 6.42 Å². The number of methoxy groups -OCH3 is 1. The van der Waals surface area contributed by atoms with E-state index in [1.807, 2.05) is 20.8 Å². The molecule has 1 aromatic rings. The van der Waals surface area contributed by atoms with E-state index in [0.29, 0.717) is 29.8 Å². The number of likely N-dealkylation sites (tertiary alicyclic amines) is 1. The van der Waals surface area contributed by atoms with Gasteiger partial charge in [0.05, 0.1) is 17.2 Å². The van der Waals surface area contributed by atoms with Crippen molar-refractivity contribution in [1.29, 1.82) is 0 Å². The summed E-state index contributed by atoms with van der Waals surface area (Å²) in [5, 5.41) is 0. The number of fused-ring (bicyclic) bond motifs is 1. The van der Waals surface area contributed by atoms with Crippen molar-refractivity contribution < 1.29 is 19.1 Å². The zero-order valence-electron chi connectivity index (χ0n) is 14.5. The predicted octanol–water partition coefficient (Wildman–Crippen LogP) is 1.94. The van der Waals surface area contributed by atoms with Crippen LogP contribution in [0.4, 0.5) is 0 Å². The number of carbonyl (C=O) groups excluding carboxylic acids is 3. The first-order chi connectivity index (χ1) is 11.2. The van der Waals surface area contributed by atoms with E-state index in [4.69, 9.17) is 4.74 Å². The predicted molar refractivity (Wildman–Crippen MR) is 88.0 cm³/mol. The van der Waals surface area contributed by atoms with E-state index in [2.05, 4.69) is 0 Å². The number of hydrogen-bond acceptors (Lipinski definition) is 4. The van der Waals surface area contributed by atoms with E-state index in [1.54, 1.807) is 30.2 Å². The van der Waals surface area contributed by atoms with Crippen LogP contribution in [0.25, 0.3) is 0 Å². The minimum absolute atomic E-state index is 0.0583. The summed E-state index contributed by atoms with van der Waals surface area (Å²) in [5.74, 6) is -0.776. The molecule has 6 nitrogen and oxygen atoms in total. The Kier molecular flexibility index (Phi) is 3.95. The van der Waals surface area contributed by atoms with Gasteiger partial charge in [0, 0.05) is 31.3 Å². The second-order valence-electron chi connectivity index (χ2n) is 7.27. The maximum Gasteiger partial charge on any atom is 0.262 e. The molecule has 0 spiro atoms. The molecule has 1 aromatic carbocycles. The van der Waals surface area contributed by atoms with Gasteiger partial charge >= 0.3 is 0 Å². The summed E-state index contributed by atoms with van der Waals surface area (Å²) in [7, 11) is 1.64. The van der Waals surface area contributed by atoms with Crippen LogP contribution in [0.15, 0.2) is 18.2 Å². The molecule has 0 N–H and O–H groups in total. The zero-order valence-corrected chi connectivity index (χ0v) is 14.5. The first kappa shape index (κ1) is 16.6. The Morgan fingerprint density at radius 1 is 1.17 bits per heavy atom.